The minimum absolute atomic E-state index is 0.00567. The van der Waals surface area contributed by atoms with E-state index in [1.54, 1.807) is 17.0 Å². The van der Waals surface area contributed by atoms with Gasteiger partial charge in [-0.05, 0) is 30.5 Å². The highest BCUT2D eigenvalue weighted by Crippen LogP contribution is 2.32. The summed E-state index contributed by atoms with van der Waals surface area (Å²) in [6.07, 6.45) is 4.49. The number of carbonyl (C=O) groups is 2. The van der Waals surface area contributed by atoms with E-state index in [1.165, 1.54) is 12.1 Å². The lowest BCUT2D eigenvalue weighted by molar-refractivity contribution is -0.152. The molecule has 2 fully saturated rings. The van der Waals surface area contributed by atoms with Crippen molar-refractivity contribution in [2.75, 3.05) is 6.54 Å². The summed E-state index contributed by atoms with van der Waals surface area (Å²) in [6, 6.07) is 6.06. The molecule has 1 aliphatic carbocycles. The Hall–Kier alpha value is -1.91. The Morgan fingerprint density at radius 3 is 2.43 bits per heavy atom. The zero-order valence-corrected chi connectivity index (χ0v) is 11.9. The summed E-state index contributed by atoms with van der Waals surface area (Å²) in [5.74, 6) is -0.394. The first kappa shape index (κ1) is 14.0. The Balaban J connectivity index is 1.79. The highest BCUT2D eigenvalue weighted by Gasteiger charge is 2.46. The summed E-state index contributed by atoms with van der Waals surface area (Å²) < 4.78 is 12.9. The molecular weight excluding hydrogens is 271 g/mol. The Bertz CT molecular complexity index is 550. The van der Waals surface area contributed by atoms with E-state index < -0.39 is 5.54 Å². The van der Waals surface area contributed by atoms with Crippen LogP contribution in [0, 0.1) is 5.82 Å². The summed E-state index contributed by atoms with van der Waals surface area (Å²) >= 11 is 0. The molecule has 0 aromatic heterocycles. The molecule has 1 spiro atoms. The molecule has 21 heavy (non-hydrogen) atoms. The molecule has 1 heterocycles. The van der Waals surface area contributed by atoms with Crippen LogP contribution < -0.4 is 5.32 Å². The molecule has 1 saturated heterocycles. The fourth-order valence-corrected chi connectivity index (χ4v) is 3.34. The highest BCUT2D eigenvalue weighted by molar-refractivity contribution is 5.98. The fraction of sp³-hybridized carbons (Fsp3) is 0.500. The van der Waals surface area contributed by atoms with Crippen LogP contribution in [-0.4, -0.2) is 28.8 Å². The van der Waals surface area contributed by atoms with Gasteiger partial charge in [-0.15, -0.1) is 0 Å². The molecule has 1 aromatic carbocycles. The molecule has 0 radical (unpaired) electrons. The van der Waals surface area contributed by atoms with Crippen molar-refractivity contribution in [3.05, 3.63) is 35.6 Å². The minimum Gasteiger partial charge on any atom is -0.340 e. The van der Waals surface area contributed by atoms with Gasteiger partial charge in [0.25, 0.3) is 0 Å². The van der Waals surface area contributed by atoms with E-state index in [-0.39, 0.29) is 24.2 Å². The van der Waals surface area contributed by atoms with Gasteiger partial charge < -0.3 is 10.2 Å². The van der Waals surface area contributed by atoms with Gasteiger partial charge in [0.15, 0.2) is 0 Å². The molecule has 0 unspecified atom stereocenters. The van der Waals surface area contributed by atoms with Gasteiger partial charge in [0.05, 0.1) is 6.54 Å². The van der Waals surface area contributed by atoms with Gasteiger partial charge in [-0.25, -0.2) is 4.39 Å². The monoisotopic (exact) mass is 290 g/mol. The lowest BCUT2D eigenvalue weighted by Gasteiger charge is -2.44. The van der Waals surface area contributed by atoms with Gasteiger partial charge in [0.2, 0.25) is 11.8 Å². The van der Waals surface area contributed by atoms with E-state index >= 15 is 0 Å². The number of carbonyl (C=O) groups excluding carboxylic acids is 2. The lowest BCUT2D eigenvalue weighted by Crippen LogP contribution is -2.66. The van der Waals surface area contributed by atoms with Crippen molar-refractivity contribution >= 4 is 11.8 Å². The summed E-state index contributed by atoms with van der Waals surface area (Å²) in [5, 5.41) is 2.92. The fourth-order valence-electron chi connectivity index (χ4n) is 3.34. The Morgan fingerprint density at radius 2 is 1.76 bits per heavy atom. The number of nitrogens with zero attached hydrogens (tertiary/aromatic N) is 1. The molecule has 1 saturated carbocycles. The molecule has 0 bridgehead atoms. The van der Waals surface area contributed by atoms with Gasteiger partial charge in [0.1, 0.15) is 11.4 Å². The molecule has 5 heteroatoms. The zero-order valence-electron chi connectivity index (χ0n) is 11.9. The highest BCUT2D eigenvalue weighted by atomic mass is 19.1. The second kappa shape index (κ2) is 5.47. The number of hydrogen-bond acceptors (Lipinski definition) is 2. The summed E-state index contributed by atoms with van der Waals surface area (Å²) in [7, 11) is 0. The van der Waals surface area contributed by atoms with Crippen molar-refractivity contribution in [2.24, 2.45) is 0 Å². The molecular formula is C16H19FN2O2. The lowest BCUT2D eigenvalue weighted by atomic mass is 9.79. The predicted octanol–water partition coefficient (Wildman–Crippen LogP) is 1.99. The van der Waals surface area contributed by atoms with Gasteiger partial charge in [-0.2, -0.15) is 0 Å². The van der Waals surface area contributed by atoms with Crippen molar-refractivity contribution in [2.45, 2.75) is 44.2 Å². The van der Waals surface area contributed by atoms with Crippen molar-refractivity contribution in [3.63, 3.8) is 0 Å². The number of nitrogens with one attached hydrogen (secondary N) is 1. The van der Waals surface area contributed by atoms with Crippen LogP contribution in [0.15, 0.2) is 24.3 Å². The van der Waals surface area contributed by atoms with Gasteiger partial charge in [-0.1, -0.05) is 31.4 Å². The molecule has 1 aliphatic heterocycles. The first-order chi connectivity index (χ1) is 10.1. The molecule has 1 N–H and O–H groups in total. The SMILES string of the molecule is O=C1CN(Cc2ccc(F)cc2)C(=O)C2(CCCCC2)N1. The average Bonchev–Trinajstić information content (AvgIpc) is 2.48. The standard InChI is InChI=1S/C16H19FN2O2/c17-13-6-4-12(5-7-13)10-19-11-14(20)18-16(15(19)21)8-2-1-3-9-16/h4-7H,1-3,8-11H2,(H,18,20). The van der Waals surface area contributed by atoms with Crippen LogP contribution in [0.2, 0.25) is 0 Å². The van der Waals surface area contributed by atoms with E-state index in [0.717, 1.165) is 37.7 Å². The van der Waals surface area contributed by atoms with Gasteiger partial charge in [0, 0.05) is 6.54 Å². The van der Waals surface area contributed by atoms with Crippen LogP contribution >= 0.6 is 0 Å². The number of rotatable bonds is 2. The smallest absolute Gasteiger partial charge is 0.249 e. The number of halogens is 1. The Labute approximate surface area is 123 Å². The molecule has 1 aromatic rings. The maximum atomic E-state index is 12.9. The number of hydrogen-bond donors (Lipinski definition) is 1. The van der Waals surface area contributed by atoms with Crippen LogP contribution in [-0.2, 0) is 16.1 Å². The number of amides is 2. The first-order valence-electron chi connectivity index (χ1n) is 7.44. The van der Waals surface area contributed by atoms with E-state index in [1.807, 2.05) is 0 Å². The maximum Gasteiger partial charge on any atom is 0.249 e. The molecule has 2 amide bonds. The van der Waals surface area contributed by atoms with E-state index in [9.17, 15) is 14.0 Å². The average molecular weight is 290 g/mol. The first-order valence-corrected chi connectivity index (χ1v) is 7.44. The Morgan fingerprint density at radius 1 is 1.10 bits per heavy atom. The molecule has 112 valence electrons. The topological polar surface area (TPSA) is 49.4 Å². The third-order valence-electron chi connectivity index (χ3n) is 4.40. The third-order valence-corrected chi connectivity index (χ3v) is 4.40. The van der Waals surface area contributed by atoms with Crippen molar-refractivity contribution in [1.82, 2.24) is 10.2 Å². The summed E-state index contributed by atoms with van der Waals surface area (Å²) in [5.41, 5.74) is 0.138. The second-order valence-electron chi connectivity index (χ2n) is 5.98. The minimum atomic E-state index is -0.701. The quantitative estimate of drug-likeness (QED) is 0.905. The van der Waals surface area contributed by atoms with Crippen LogP contribution in [0.25, 0.3) is 0 Å². The predicted molar refractivity (Wildman–Crippen MR) is 75.8 cm³/mol. The zero-order chi connectivity index (χ0) is 14.9. The van der Waals surface area contributed by atoms with E-state index in [2.05, 4.69) is 5.32 Å². The maximum absolute atomic E-state index is 12.9. The normalized spacial score (nSPS) is 21.5. The van der Waals surface area contributed by atoms with Crippen LogP contribution in [0.1, 0.15) is 37.7 Å². The largest absolute Gasteiger partial charge is 0.340 e. The third kappa shape index (κ3) is 2.77. The number of piperazine rings is 1. The van der Waals surface area contributed by atoms with Crippen LogP contribution in [0.5, 0.6) is 0 Å². The van der Waals surface area contributed by atoms with Crippen molar-refractivity contribution in [3.8, 4) is 0 Å². The van der Waals surface area contributed by atoms with Crippen molar-refractivity contribution in [1.29, 1.82) is 0 Å². The van der Waals surface area contributed by atoms with Gasteiger partial charge >= 0.3 is 0 Å². The van der Waals surface area contributed by atoms with Crippen LogP contribution in [0.4, 0.5) is 4.39 Å². The van der Waals surface area contributed by atoms with Crippen LogP contribution in [0.3, 0.4) is 0 Å². The van der Waals surface area contributed by atoms with Gasteiger partial charge in [-0.3, -0.25) is 9.59 Å². The van der Waals surface area contributed by atoms with E-state index in [4.69, 9.17) is 0 Å². The molecule has 3 rings (SSSR count). The van der Waals surface area contributed by atoms with Crippen molar-refractivity contribution < 1.29 is 14.0 Å². The second-order valence-corrected chi connectivity index (χ2v) is 5.98. The number of benzene rings is 1. The van der Waals surface area contributed by atoms with E-state index in [0.29, 0.717) is 6.54 Å². The summed E-state index contributed by atoms with van der Waals surface area (Å²) in [6.45, 7) is 0.437. The summed E-state index contributed by atoms with van der Waals surface area (Å²) in [4.78, 5) is 26.3. The molecule has 0 atom stereocenters. The molecule has 4 nitrogen and oxygen atoms in total. The molecule has 2 aliphatic rings. The Kier molecular flexibility index (Phi) is 3.66.